The van der Waals surface area contributed by atoms with E-state index in [2.05, 4.69) is 25.5 Å². The lowest BCUT2D eigenvalue weighted by Gasteiger charge is -2.26. The van der Waals surface area contributed by atoms with Crippen molar-refractivity contribution in [1.29, 1.82) is 0 Å². The molecule has 2 N–H and O–H groups in total. The number of imidazole rings is 1. The Balaban J connectivity index is 0.00000288. The molecule has 0 spiro atoms. The number of rotatable bonds is 7. The highest BCUT2D eigenvalue weighted by molar-refractivity contribution is 14.0. The zero-order chi connectivity index (χ0) is 16.5. The molecule has 138 valence electrons. The minimum atomic E-state index is -2.60. The van der Waals surface area contributed by atoms with Crippen LogP contribution in [0, 0.1) is 0 Å². The third-order valence-electron chi connectivity index (χ3n) is 3.51. The molecule has 0 aromatic carbocycles. The summed E-state index contributed by atoms with van der Waals surface area (Å²) in [7, 11) is 0. The summed E-state index contributed by atoms with van der Waals surface area (Å²) >= 11 is 0. The van der Waals surface area contributed by atoms with Gasteiger partial charge in [0.2, 0.25) is 0 Å². The van der Waals surface area contributed by atoms with Crippen molar-refractivity contribution in [1.82, 2.24) is 25.1 Å². The molecule has 0 amide bonds. The number of hydrogen-bond acceptors (Lipinski definition) is 4. The van der Waals surface area contributed by atoms with Crippen molar-refractivity contribution in [3.05, 3.63) is 18.2 Å². The van der Waals surface area contributed by atoms with E-state index in [9.17, 15) is 8.78 Å². The van der Waals surface area contributed by atoms with E-state index in [-0.39, 0.29) is 36.3 Å². The van der Waals surface area contributed by atoms with Crippen LogP contribution >= 0.6 is 24.0 Å². The average Bonchev–Trinajstić information content (AvgIpc) is 3.02. The zero-order valence-corrected chi connectivity index (χ0v) is 16.1. The second-order valence-corrected chi connectivity index (χ2v) is 5.10. The van der Waals surface area contributed by atoms with Crippen LogP contribution in [0.4, 0.5) is 8.78 Å². The summed E-state index contributed by atoms with van der Waals surface area (Å²) in [5.74, 6) is 0.843. The van der Waals surface area contributed by atoms with E-state index in [1.54, 1.807) is 0 Å². The monoisotopic (exact) mass is 458 g/mol. The predicted octanol–water partition coefficient (Wildman–Crippen LogP) is 1.28. The lowest BCUT2D eigenvalue weighted by atomic mass is 10.4. The molecule has 24 heavy (non-hydrogen) atoms. The fraction of sp³-hybridized carbons (Fsp3) is 0.714. The van der Waals surface area contributed by atoms with Crippen LogP contribution in [0.5, 0.6) is 0 Å². The van der Waals surface area contributed by atoms with E-state index in [1.807, 2.05) is 6.92 Å². The summed E-state index contributed by atoms with van der Waals surface area (Å²) in [5.41, 5.74) is 0. The van der Waals surface area contributed by atoms with Crippen LogP contribution in [0.15, 0.2) is 17.4 Å². The third kappa shape index (κ3) is 6.85. The van der Waals surface area contributed by atoms with Gasteiger partial charge < -0.3 is 15.4 Å². The van der Waals surface area contributed by atoms with Crippen molar-refractivity contribution in [2.75, 3.05) is 45.9 Å². The van der Waals surface area contributed by atoms with E-state index in [0.29, 0.717) is 12.5 Å². The SMILES string of the molecule is CCNC(=NCc1nccn1C(F)F)NCCN1CCOCC1.I. The normalized spacial score (nSPS) is 16.1. The number of morpholine rings is 1. The van der Waals surface area contributed by atoms with Gasteiger partial charge in [0, 0.05) is 45.1 Å². The fourth-order valence-electron chi connectivity index (χ4n) is 2.29. The number of nitrogens with zero attached hydrogens (tertiary/aromatic N) is 4. The molecule has 7 nitrogen and oxygen atoms in total. The molecular formula is C14H25F2IN6O. The van der Waals surface area contributed by atoms with Crippen LogP contribution in [-0.4, -0.2) is 66.3 Å². The number of alkyl halides is 2. The lowest BCUT2D eigenvalue weighted by Crippen LogP contribution is -2.44. The van der Waals surface area contributed by atoms with Gasteiger partial charge in [0.25, 0.3) is 0 Å². The van der Waals surface area contributed by atoms with Crippen LogP contribution in [0.3, 0.4) is 0 Å². The van der Waals surface area contributed by atoms with Crippen LogP contribution < -0.4 is 10.6 Å². The summed E-state index contributed by atoms with van der Waals surface area (Å²) in [6.07, 6.45) is 2.62. The first kappa shape index (κ1) is 21.0. The van der Waals surface area contributed by atoms with Crippen molar-refractivity contribution in [2.45, 2.75) is 20.0 Å². The second-order valence-electron chi connectivity index (χ2n) is 5.10. The molecule has 0 bridgehead atoms. The first-order chi connectivity index (χ1) is 11.2. The van der Waals surface area contributed by atoms with Crippen molar-refractivity contribution in [3.8, 4) is 0 Å². The molecule has 0 aliphatic carbocycles. The number of hydrogen-bond donors (Lipinski definition) is 2. The molecule has 2 rings (SSSR count). The predicted molar refractivity (Wildman–Crippen MR) is 99.0 cm³/mol. The highest BCUT2D eigenvalue weighted by Gasteiger charge is 2.12. The topological polar surface area (TPSA) is 66.7 Å². The molecule has 2 heterocycles. The van der Waals surface area contributed by atoms with Crippen LogP contribution in [0.25, 0.3) is 0 Å². The van der Waals surface area contributed by atoms with Crippen LogP contribution in [0.2, 0.25) is 0 Å². The number of guanidine groups is 1. The Kier molecular flexibility index (Phi) is 10.1. The van der Waals surface area contributed by atoms with E-state index < -0.39 is 6.55 Å². The van der Waals surface area contributed by atoms with E-state index in [0.717, 1.165) is 44.0 Å². The Labute approximate surface area is 157 Å². The summed E-state index contributed by atoms with van der Waals surface area (Å²) in [5, 5.41) is 6.31. The van der Waals surface area contributed by atoms with Gasteiger partial charge in [-0.25, -0.2) is 9.98 Å². The molecule has 10 heteroatoms. The molecule has 0 radical (unpaired) electrons. The van der Waals surface area contributed by atoms with Gasteiger partial charge in [0.15, 0.2) is 5.96 Å². The quantitative estimate of drug-likeness (QED) is 0.366. The van der Waals surface area contributed by atoms with E-state index in [4.69, 9.17) is 4.74 Å². The fourth-order valence-corrected chi connectivity index (χ4v) is 2.29. The summed E-state index contributed by atoms with van der Waals surface area (Å²) in [4.78, 5) is 10.5. The van der Waals surface area contributed by atoms with Gasteiger partial charge >= 0.3 is 6.55 Å². The Morgan fingerprint density at radius 2 is 2.12 bits per heavy atom. The van der Waals surface area contributed by atoms with Gasteiger partial charge in [-0.05, 0) is 6.92 Å². The van der Waals surface area contributed by atoms with Gasteiger partial charge in [0.05, 0.1) is 13.2 Å². The summed E-state index contributed by atoms with van der Waals surface area (Å²) in [6, 6.07) is 0. The largest absolute Gasteiger partial charge is 0.379 e. The van der Waals surface area contributed by atoms with Crippen LogP contribution in [-0.2, 0) is 11.3 Å². The number of nitrogens with one attached hydrogen (secondary N) is 2. The first-order valence-electron chi connectivity index (χ1n) is 7.83. The Hall–Kier alpha value is -1.01. The Bertz CT molecular complexity index is 493. The number of halogens is 3. The molecule has 0 unspecified atom stereocenters. The number of aliphatic imine (C=N–C) groups is 1. The standard InChI is InChI=1S/C14H24F2N6O.HI/c1-2-17-14(19-3-5-21-7-9-23-10-8-21)20-11-12-18-4-6-22(12)13(15)16;/h4,6,13H,2-3,5,7-11H2,1H3,(H2,17,19,20);1H. The molecule has 1 aliphatic rings. The highest BCUT2D eigenvalue weighted by atomic mass is 127. The van der Waals surface area contributed by atoms with Crippen molar-refractivity contribution >= 4 is 29.9 Å². The lowest BCUT2D eigenvalue weighted by molar-refractivity contribution is 0.0389. The number of aromatic nitrogens is 2. The van der Waals surface area contributed by atoms with E-state index in [1.165, 1.54) is 12.4 Å². The summed E-state index contributed by atoms with van der Waals surface area (Å²) < 4.78 is 31.7. The minimum Gasteiger partial charge on any atom is -0.379 e. The zero-order valence-electron chi connectivity index (χ0n) is 13.8. The molecule has 1 saturated heterocycles. The van der Waals surface area contributed by atoms with Gasteiger partial charge in [-0.1, -0.05) is 0 Å². The molecule has 1 fully saturated rings. The maximum Gasteiger partial charge on any atom is 0.319 e. The van der Waals surface area contributed by atoms with E-state index >= 15 is 0 Å². The smallest absolute Gasteiger partial charge is 0.319 e. The van der Waals surface area contributed by atoms with Gasteiger partial charge in [0.1, 0.15) is 12.4 Å². The molecule has 1 aromatic rings. The van der Waals surface area contributed by atoms with Gasteiger partial charge in [-0.3, -0.25) is 9.47 Å². The molecule has 0 saturated carbocycles. The van der Waals surface area contributed by atoms with Crippen LogP contribution in [0.1, 0.15) is 19.3 Å². The molecule has 0 atom stereocenters. The summed E-state index contributed by atoms with van der Waals surface area (Å²) in [6.45, 7) is 5.18. The Morgan fingerprint density at radius 1 is 1.38 bits per heavy atom. The molecular weight excluding hydrogens is 433 g/mol. The molecule has 1 aliphatic heterocycles. The average molecular weight is 458 g/mol. The second kappa shape index (κ2) is 11.5. The first-order valence-corrected chi connectivity index (χ1v) is 7.83. The van der Waals surface area contributed by atoms with Gasteiger partial charge in [-0.2, -0.15) is 8.78 Å². The third-order valence-corrected chi connectivity index (χ3v) is 3.51. The maximum absolute atomic E-state index is 12.8. The van der Waals surface area contributed by atoms with Crippen molar-refractivity contribution in [2.24, 2.45) is 4.99 Å². The molecule has 1 aromatic heterocycles. The maximum atomic E-state index is 12.8. The minimum absolute atomic E-state index is 0. The highest BCUT2D eigenvalue weighted by Crippen LogP contribution is 2.12. The number of ether oxygens (including phenoxy) is 1. The Morgan fingerprint density at radius 3 is 2.79 bits per heavy atom. The van der Waals surface area contributed by atoms with Crippen molar-refractivity contribution in [3.63, 3.8) is 0 Å². The van der Waals surface area contributed by atoms with Gasteiger partial charge in [-0.15, -0.1) is 24.0 Å². The van der Waals surface area contributed by atoms with Crippen molar-refractivity contribution < 1.29 is 13.5 Å².